The number of rotatable bonds is 6. The minimum atomic E-state index is -1.10. The van der Waals surface area contributed by atoms with Gasteiger partial charge in [-0.1, -0.05) is 6.07 Å². The number of aromatic carboxylic acids is 1. The molecule has 1 N–H and O–H groups in total. The number of thiophene rings is 1. The zero-order chi connectivity index (χ0) is 14.8. The van der Waals surface area contributed by atoms with E-state index >= 15 is 0 Å². The molecule has 1 aromatic carbocycles. The van der Waals surface area contributed by atoms with Crippen molar-refractivity contribution in [1.82, 2.24) is 4.90 Å². The summed E-state index contributed by atoms with van der Waals surface area (Å²) >= 11 is 1.66. The maximum absolute atomic E-state index is 14.0. The van der Waals surface area contributed by atoms with Gasteiger partial charge in [-0.2, -0.15) is 11.3 Å². The normalized spacial score (nSPS) is 14.6. The first kappa shape index (κ1) is 14.2. The summed E-state index contributed by atoms with van der Waals surface area (Å²) in [7, 11) is 0. The van der Waals surface area contributed by atoms with Crippen molar-refractivity contribution in [1.29, 1.82) is 0 Å². The van der Waals surface area contributed by atoms with E-state index in [4.69, 9.17) is 5.11 Å². The van der Waals surface area contributed by atoms with E-state index in [9.17, 15) is 9.18 Å². The van der Waals surface area contributed by atoms with E-state index in [0.717, 1.165) is 25.5 Å². The molecule has 0 spiro atoms. The zero-order valence-corrected chi connectivity index (χ0v) is 12.3. The van der Waals surface area contributed by atoms with E-state index < -0.39 is 11.8 Å². The molecule has 0 amide bonds. The van der Waals surface area contributed by atoms with Crippen LogP contribution in [0.1, 0.15) is 34.3 Å². The Balaban J connectivity index is 1.75. The Morgan fingerprint density at radius 2 is 2.14 bits per heavy atom. The Morgan fingerprint density at radius 3 is 2.71 bits per heavy atom. The van der Waals surface area contributed by atoms with Crippen LogP contribution in [0.4, 0.5) is 4.39 Å². The maximum Gasteiger partial charge on any atom is 0.335 e. The Kier molecular flexibility index (Phi) is 4.03. The van der Waals surface area contributed by atoms with Gasteiger partial charge in [-0.05, 0) is 47.4 Å². The molecule has 110 valence electrons. The Labute approximate surface area is 126 Å². The average Bonchev–Trinajstić information content (AvgIpc) is 3.18. The van der Waals surface area contributed by atoms with Crippen molar-refractivity contribution in [2.24, 2.45) is 0 Å². The van der Waals surface area contributed by atoms with Gasteiger partial charge in [-0.25, -0.2) is 9.18 Å². The van der Waals surface area contributed by atoms with Gasteiger partial charge in [0.2, 0.25) is 0 Å². The van der Waals surface area contributed by atoms with Gasteiger partial charge < -0.3 is 5.11 Å². The molecule has 1 heterocycles. The first-order chi connectivity index (χ1) is 10.1. The van der Waals surface area contributed by atoms with Crippen LogP contribution in [-0.4, -0.2) is 22.0 Å². The molecule has 0 unspecified atom stereocenters. The van der Waals surface area contributed by atoms with Crippen LogP contribution >= 0.6 is 11.3 Å². The molecule has 2 aromatic rings. The van der Waals surface area contributed by atoms with Gasteiger partial charge in [-0.15, -0.1) is 0 Å². The smallest absolute Gasteiger partial charge is 0.335 e. The van der Waals surface area contributed by atoms with E-state index in [0.29, 0.717) is 18.2 Å². The highest BCUT2D eigenvalue weighted by atomic mass is 32.1. The van der Waals surface area contributed by atoms with Crippen LogP contribution in [0.2, 0.25) is 0 Å². The first-order valence-electron chi connectivity index (χ1n) is 6.90. The summed E-state index contributed by atoms with van der Waals surface area (Å²) in [6.45, 7) is 1.33. The molecule has 0 saturated heterocycles. The molecule has 0 atom stereocenters. The molecule has 1 saturated carbocycles. The summed E-state index contributed by atoms with van der Waals surface area (Å²) in [4.78, 5) is 13.1. The molecule has 3 rings (SSSR count). The van der Waals surface area contributed by atoms with Gasteiger partial charge in [0.1, 0.15) is 5.82 Å². The van der Waals surface area contributed by atoms with Gasteiger partial charge in [0.25, 0.3) is 0 Å². The van der Waals surface area contributed by atoms with E-state index in [1.165, 1.54) is 11.6 Å². The fourth-order valence-electron chi connectivity index (χ4n) is 2.40. The second kappa shape index (κ2) is 5.95. The largest absolute Gasteiger partial charge is 0.478 e. The molecule has 0 radical (unpaired) electrons. The average molecular weight is 305 g/mol. The van der Waals surface area contributed by atoms with Crippen LogP contribution < -0.4 is 0 Å². The molecule has 1 fully saturated rings. The topological polar surface area (TPSA) is 40.5 Å². The van der Waals surface area contributed by atoms with E-state index in [2.05, 4.69) is 16.3 Å². The molecule has 1 aliphatic carbocycles. The third-order valence-electron chi connectivity index (χ3n) is 3.70. The molecule has 0 aliphatic heterocycles. The van der Waals surface area contributed by atoms with Crippen LogP contribution in [0, 0.1) is 5.82 Å². The highest BCUT2D eigenvalue weighted by Gasteiger charge is 2.29. The van der Waals surface area contributed by atoms with Gasteiger partial charge in [0, 0.05) is 24.7 Å². The molecule has 1 aliphatic rings. The van der Waals surface area contributed by atoms with Crippen LogP contribution in [0.25, 0.3) is 0 Å². The Morgan fingerprint density at radius 1 is 1.33 bits per heavy atom. The number of nitrogens with zero attached hydrogens (tertiary/aromatic N) is 1. The summed E-state index contributed by atoms with van der Waals surface area (Å²) in [6.07, 6.45) is 2.30. The van der Waals surface area contributed by atoms with Gasteiger partial charge in [-0.3, -0.25) is 4.90 Å². The summed E-state index contributed by atoms with van der Waals surface area (Å²) in [6, 6.07) is 6.76. The molecule has 0 bridgehead atoms. The van der Waals surface area contributed by atoms with Crippen molar-refractivity contribution in [3.63, 3.8) is 0 Å². The Hall–Kier alpha value is -1.72. The maximum atomic E-state index is 14.0. The SMILES string of the molecule is O=C(O)c1ccc(CN(Cc2ccsc2)C2CC2)c(F)c1. The quantitative estimate of drug-likeness (QED) is 0.883. The third kappa shape index (κ3) is 3.49. The monoisotopic (exact) mass is 305 g/mol. The number of benzene rings is 1. The van der Waals surface area contributed by atoms with Crippen LogP contribution in [-0.2, 0) is 13.1 Å². The lowest BCUT2D eigenvalue weighted by atomic mass is 10.1. The number of hydrogen-bond donors (Lipinski definition) is 1. The number of carboxylic acids is 1. The zero-order valence-electron chi connectivity index (χ0n) is 11.5. The van der Waals surface area contributed by atoms with E-state index in [-0.39, 0.29) is 5.56 Å². The summed E-state index contributed by atoms with van der Waals surface area (Å²) in [5.41, 5.74) is 1.80. The molecular formula is C16H16FNO2S. The minimum Gasteiger partial charge on any atom is -0.478 e. The van der Waals surface area contributed by atoms with Crippen LogP contribution in [0.15, 0.2) is 35.0 Å². The molecule has 5 heteroatoms. The Bertz CT molecular complexity index is 638. The fraction of sp³-hybridized carbons (Fsp3) is 0.312. The standard InChI is InChI=1S/C16H16FNO2S/c17-15-7-12(16(19)20)1-2-13(15)9-18(14-3-4-14)8-11-5-6-21-10-11/h1-2,5-7,10,14H,3-4,8-9H2,(H,19,20). The summed E-state index contributed by atoms with van der Waals surface area (Å²) < 4.78 is 14.0. The van der Waals surface area contributed by atoms with E-state index in [1.807, 2.05) is 5.38 Å². The molecule has 3 nitrogen and oxygen atoms in total. The lowest BCUT2D eigenvalue weighted by Crippen LogP contribution is -2.25. The van der Waals surface area contributed by atoms with Crippen molar-refractivity contribution >= 4 is 17.3 Å². The number of carboxylic acid groups (broad SMARTS) is 1. The van der Waals surface area contributed by atoms with Crippen molar-refractivity contribution in [2.45, 2.75) is 32.0 Å². The van der Waals surface area contributed by atoms with Crippen LogP contribution in [0.5, 0.6) is 0 Å². The van der Waals surface area contributed by atoms with Crippen molar-refractivity contribution in [3.05, 3.63) is 57.5 Å². The molecule has 21 heavy (non-hydrogen) atoms. The highest BCUT2D eigenvalue weighted by Crippen LogP contribution is 2.30. The predicted octanol–water partition coefficient (Wildman–Crippen LogP) is 3.75. The summed E-state index contributed by atoms with van der Waals surface area (Å²) in [5, 5.41) is 13.0. The number of hydrogen-bond acceptors (Lipinski definition) is 3. The second-order valence-electron chi connectivity index (χ2n) is 5.38. The minimum absolute atomic E-state index is 0.00736. The van der Waals surface area contributed by atoms with Gasteiger partial charge in [0.15, 0.2) is 0 Å². The van der Waals surface area contributed by atoms with Crippen molar-refractivity contribution < 1.29 is 14.3 Å². The van der Waals surface area contributed by atoms with Gasteiger partial charge >= 0.3 is 5.97 Å². The predicted molar refractivity (Wildman–Crippen MR) is 79.9 cm³/mol. The highest BCUT2D eigenvalue weighted by molar-refractivity contribution is 7.07. The molecule has 1 aromatic heterocycles. The third-order valence-corrected chi connectivity index (χ3v) is 4.43. The van der Waals surface area contributed by atoms with Gasteiger partial charge in [0.05, 0.1) is 5.56 Å². The lowest BCUT2D eigenvalue weighted by Gasteiger charge is -2.22. The van der Waals surface area contributed by atoms with Crippen molar-refractivity contribution in [2.75, 3.05) is 0 Å². The van der Waals surface area contributed by atoms with Crippen molar-refractivity contribution in [3.8, 4) is 0 Å². The second-order valence-corrected chi connectivity index (χ2v) is 6.16. The molecular weight excluding hydrogens is 289 g/mol. The number of carbonyl (C=O) groups is 1. The number of halogens is 1. The van der Waals surface area contributed by atoms with E-state index in [1.54, 1.807) is 17.4 Å². The summed E-state index contributed by atoms with van der Waals surface area (Å²) in [5.74, 6) is -1.54. The van der Waals surface area contributed by atoms with Crippen LogP contribution in [0.3, 0.4) is 0 Å². The fourth-order valence-corrected chi connectivity index (χ4v) is 3.06. The first-order valence-corrected chi connectivity index (χ1v) is 7.84. The lowest BCUT2D eigenvalue weighted by molar-refractivity contribution is 0.0696.